The first kappa shape index (κ1) is 19.8. The Morgan fingerprint density at radius 3 is 2.10 bits per heavy atom. The summed E-state index contributed by atoms with van der Waals surface area (Å²) in [5, 5.41) is 3.50. The summed E-state index contributed by atoms with van der Waals surface area (Å²) >= 11 is 0. The molecule has 2 atom stereocenters. The van der Waals surface area contributed by atoms with Crippen molar-refractivity contribution in [1.29, 1.82) is 0 Å². The molecule has 3 nitrogen and oxygen atoms in total. The van der Waals surface area contributed by atoms with Gasteiger partial charge in [0.2, 0.25) is 0 Å². The molecule has 1 N–H and O–H groups in total. The Balaban J connectivity index is 1.61. The summed E-state index contributed by atoms with van der Waals surface area (Å²) < 4.78 is 13.2. The van der Waals surface area contributed by atoms with Gasteiger partial charge in [-0.3, -0.25) is 0 Å². The van der Waals surface area contributed by atoms with Gasteiger partial charge in [0.1, 0.15) is 11.7 Å². The lowest BCUT2D eigenvalue weighted by Crippen LogP contribution is -2.54. The number of aryl methyl sites for hydroxylation is 1. The SMILES string of the molecule is Cc1ccc([C@]2(OCc3ccccc3)CCNC[C@H]2OCc2ccccc2)cc1. The third-order valence-electron chi connectivity index (χ3n) is 5.70. The minimum absolute atomic E-state index is 0.0668. The highest BCUT2D eigenvalue weighted by molar-refractivity contribution is 5.29. The van der Waals surface area contributed by atoms with Gasteiger partial charge in [0.25, 0.3) is 0 Å². The van der Waals surface area contributed by atoms with E-state index in [0.717, 1.165) is 19.5 Å². The summed E-state index contributed by atoms with van der Waals surface area (Å²) in [6, 6.07) is 29.5. The quantitative estimate of drug-likeness (QED) is 0.620. The maximum Gasteiger partial charge on any atom is 0.122 e. The van der Waals surface area contributed by atoms with Crippen molar-refractivity contribution < 1.29 is 9.47 Å². The molecule has 3 heteroatoms. The van der Waals surface area contributed by atoms with E-state index in [1.54, 1.807) is 0 Å². The summed E-state index contributed by atoms with van der Waals surface area (Å²) in [7, 11) is 0. The van der Waals surface area contributed by atoms with Crippen LogP contribution in [-0.4, -0.2) is 19.2 Å². The number of rotatable bonds is 7. The molecule has 29 heavy (non-hydrogen) atoms. The molecule has 0 radical (unpaired) electrons. The van der Waals surface area contributed by atoms with Crippen molar-refractivity contribution in [2.75, 3.05) is 13.1 Å². The van der Waals surface area contributed by atoms with Crippen LogP contribution in [0.25, 0.3) is 0 Å². The third kappa shape index (κ3) is 4.76. The molecule has 1 aliphatic heterocycles. The van der Waals surface area contributed by atoms with Gasteiger partial charge in [-0.2, -0.15) is 0 Å². The summed E-state index contributed by atoms with van der Waals surface area (Å²) in [6.07, 6.45) is 0.811. The van der Waals surface area contributed by atoms with Crippen LogP contribution in [0.15, 0.2) is 84.9 Å². The van der Waals surface area contributed by atoms with Gasteiger partial charge in [0, 0.05) is 6.54 Å². The van der Waals surface area contributed by atoms with Gasteiger partial charge < -0.3 is 14.8 Å². The van der Waals surface area contributed by atoms with Crippen molar-refractivity contribution in [1.82, 2.24) is 5.32 Å². The second-order valence-corrected chi connectivity index (χ2v) is 7.77. The number of ether oxygens (including phenoxy) is 2. The molecule has 4 rings (SSSR count). The lowest BCUT2D eigenvalue weighted by molar-refractivity contribution is -0.176. The van der Waals surface area contributed by atoms with E-state index in [0.29, 0.717) is 13.2 Å². The molecule has 0 aliphatic carbocycles. The highest BCUT2D eigenvalue weighted by Crippen LogP contribution is 2.38. The standard InChI is InChI=1S/C26H29NO2/c1-21-12-14-24(15-13-21)26(29-20-23-10-6-3-7-11-23)16-17-27-18-25(26)28-19-22-8-4-2-5-9-22/h2-15,25,27H,16-20H2,1H3/t25-,26-/m1/s1. The molecule has 1 heterocycles. The van der Waals surface area contributed by atoms with E-state index >= 15 is 0 Å². The van der Waals surface area contributed by atoms with Crippen LogP contribution in [0.3, 0.4) is 0 Å². The van der Waals surface area contributed by atoms with Crippen LogP contribution < -0.4 is 5.32 Å². The highest BCUT2D eigenvalue weighted by atomic mass is 16.6. The van der Waals surface area contributed by atoms with E-state index in [4.69, 9.17) is 9.47 Å². The first-order valence-corrected chi connectivity index (χ1v) is 10.4. The summed E-state index contributed by atoms with van der Waals surface area (Å²) in [5.74, 6) is 0. The van der Waals surface area contributed by atoms with Gasteiger partial charge in [0.15, 0.2) is 0 Å². The van der Waals surface area contributed by atoms with Crippen LogP contribution >= 0.6 is 0 Å². The van der Waals surface area contributed by atoms with Gasteiger partial charge in [-0.05, 0) is 36.6 Å². The average Bonchev–Trinajstić information content (AvgIpc) is 2.79. The summed E-state index contributed by atoms with van der Waals surface area (Å²) in [4.78, 5) is 0. The molecule has 0 bridgehead atoms. The van der Waals surface area contributed by atoms with Gasteiger partial charge >= 0.3 is 0 Å². The normalized spacial score (nSPS) is 21.8. The van der Waals surface area contributed by atoms with Crippen molar-refractivity contribution in [2.24, 2.45) is 0 Å². The highest BCUT2D eigenvalue weighted by Gasteiger charge is 2.44. The van der Waals surface area contributed by atoms with Gasteiger partial charge in [-0.25, -0.2) is 0 Å². The van der Waals surface area contributed by atoms with E-state index in [1.165, 1.54) is 22.3 Å². The fourth-order valence-electron chi connectivity index (χ4n) is 4.00. The number of hydrogen-bond donors (Lipinski definition) is 1. The van der Waals surface area contributed by atoms with Crippen molar-refractivity contribution in [2.45, 2.75) is 38.3 Å². The lowest BCUT2D eigenvalue weighted by Gasteiger charge is -2.44. The number of benzene rings is 3. The summed E-state index contributed by atoms with van der Waals surface area (Å²) in [5.41, 5.74) is 4.34. The van der Waals surface area contributed by atoms with E-state index in [-0.39, 0.29) is 6.10 Å². The van der Waals surface area contributed by atoms with Crippen LogP contribution in [-0.2, 0) is 28.3 Å². The van der Waals surface area contributed by atoms with Crippen LogP contribution in [0.2, 0.25) is 0 Å². The molecule has 3 aromatic carbocycles. The van der Waals surface area contributed by atoms with Gasteiger partial charge in [-0.1, -0.05) is 90.5 Å². The van der Waals surface area contributed by atoms with Crippen LogP contribution in [0.4, 0.5) is 0 Å². The molecule has 1 aliphatic rings. The Morgan fingerprint density at radius 2 is 1.45 bits per heavy atom. The minimum Gasteiger partial charge on any atom is -0.369 e. The van der Waals surface area contributed by atoms with Crippen LogP contribution in [0.1, 0.15) is 28.7 Å². The zero-order valence-electron chi connectivity index (χ0n) is 17.0. The maximum atomic E-state index is 6.72. The van der Waals surface area contributed by atoms with E-state index in [2.05, 4.69) is 85.0 Å². The second-order valence-electron chi connectivity index (χ2n) is 7.77. The molecule has 0 saturated carbocycles. The first-order valence-electron chi connectivity index (χ1n) is 10.4. The predicted molar refractivity (Wildman–Crippen MR) is 117 cm³/mol. The minimum atomic E-state index is -0.469. The Kier molecular flexibility index (Phi) is 6.40. The van der Waals surface area contributed by atoms with E-state index in [1.807, 2.05) is 12.1 Å². The number of hydrogen-bond acceptors (Lipinski definition) is 3. The summed E-state index contributed by atoms with van der Waals surface area (Å²) in [6.45, 7) is 4.95. The Morgan fingerprint density at radius 1 is 0.828 bits per heavy atom. The zero-order chi connectivity index (χ0) is 19.9. The monoisotopic (exact) mass is 387 g/mol. The second kappa shape index (κ2) is 9.36. The molecule has 0 aromatic heterocycles. The van der Waals surface area contributed by atoms with Crippen LogP contribution in [0.5, 0.6) is 0 Å². The smallest absolute Gasteiger partial charge is 0.122 e. The largest absolute Gasteiger partial charge is 0.369 e. The van der Waals surface area contributed by atoms with Crippen LogP contribution in [0, 0.1) is 6.92 Å². The Labute approximate surface area is 173 Å². The number of piperidine rings is 1. The molecule has 0 spiro atoms. The molecule has 150 valence electrons. The molecular formula is C26H29NO2. The lowest BCUT2D eigenvalue weighted by atomic mass is 9.82. The number of nitrogens with one attached hydrogen (secondary N) is 1. The Hall–Kier alpha value is -2.46. The van der Waals surface area contributed by atoms with E-state index in [9.17, 15) is 0 Å². The van der Waals surface area contributed by atoms with Crippen molar-refractivity contribution in [3.05, 3.63) is 107 Å². The molecule has 1 fully saturated rings. The van der Waals surface area contributed by atoms with Crippen molar-refractivity contribution in [3.8, 4) is 0 Å². The molecule has 1 saturated heterocycles. The van der Waals surface area contributed by atoms with Crippen molar-refractivity contribution in [3.63, 3.8) is 0 Å². The molecular weight excluding hydrogens is 358 g/mol. The molecule has 3 aromatic rings. The topological polar surface area (TPSA) is 30.5 Å². The zero-order valence-corrected chi connectivity index (χ0v) is 17.0. The third-order valence-corrected chi connectivity index (χ3v) is 5.70. The predicted octanol–water partition coefficient (Wildman–Crippen LogP) is 4.99. The maximum absolute atomic E-state index is 6.72. The first-order chi connectivity index (χ1) is 14.3. The Bertz CT molecular complexity index is 880. The molecule has 0 amide bonds. The fourth-order valence-corrected chi connectivity index (χ4v) is 4.00. The van der Waals surface area contributed by atoms with Gasteiger partial charge in [-0.15, -0.1) is 0 Å². The fraction of sp³-hybridized carbons (Fsp3) is 0.308. The average molecular weight is 388 g/mol. The van der Waals surface area contributed by atoms with E-state index < -0.39 is 5.60 Å². The van der Waals surface area contributed by atoms with Crippen molar-refractivity contribution >= 4 is 0 Å². The molecule has 0 unspecified atom stereocenters. The van der Waals surface area contributed by atoms with Gasteiger partial charge in [0.05, 0.1) is 13.2 Å².